The van der Waals surface area contributed by atoms with E-state index in [1.807, 2.05) is 6.92 Å². The molecule has 0 bridgehead atoms. The molecule has 0 aliphatic rings. The van der Waals surface area contributed by atoms with E-state index in [0.717, 1.165) is 11.6 Å². The molecule has 0 amide bonds. The fraction of sp³-hybridized carbons (Fsp3) is 0.143. The van der Waals surface area contributed by atoms with Crippen molar-refractivity contribution in [3.63, 3.8) is 0 Å². The van der Waals surface area contributed by atoms with E-state index in [1.54, 1.807) is 24.3 Å². The number of phenolic OH excluding ortho intramolecular Hbond substituents is 2. The molecule has 0 fully saturated rings. The predicted octanol–water partition coefficient (Wildman–Crippen LogP) is 2.21. The van der Waals surface area contributed by atoms with Crippen molar-refractivity contribution in [3.05, 3.63) is 52.8 Å². The molecule has 0 aliphatic heterocycles. The molecule has 2 rings (SSSR count). The molecule has 1 atom stereocenters. The highest BCUT2D eigenvalue weighted by Crippen LogP contribution is 2.40. The minimum Gasteiger partial charge on any atom is -0.505 e. The molecule has 0 saturated heterocycles. The van der Waals surface area contributed by atoms with Gasteiger partial charge in [-0.15, -0.1) is 0 Å². The Hall–Kier alpha value is -2.27. The van der Waals surface area contributed by atoms with E-state index in [0.29, 0.717) is 5.56 Å². The van der Waals surface area contributed by atoms with Gasteiger partial charge in [0, 0.05) is 5.56 Å². The van der Waals surface area contributed by atoms with Crippen molar-refractivity contribution in [2.75, 3.05) is 5.73 Å². The van der Waals surface area contributed by atoms with Crippen LogP contribution in [0.1, 0.15) is 22.8 Å². The Morgan fingerprint density at radius 3 is 2.26 bits per heavy atom. The first kappa shape index (κ1) is 13.2. The zero-order chi connectivity index (χ0) is 14.2. The maximum Gasteiger partial charge on any atom is 0.178 e. The van der Waals surface area contributed by atoms with Gasteiger partial charge in [0.1, 0.15) is 17.5 Å². The molecular weight excluding hydrogens is 249 g/mol. The number of hydrogen-bond donors (Lipinski definition) is 4. The van der Waals surface area contributed by atoms with Gasteiger partial charge >= 0.3 is 0 Å². The largest absolute Gasteiger partial charge is 0.505 e. The van der Waals surface area contributed by atoms with Gasteiger partial charge in [-0.3, -0.25) is 0 Å². The lowest BCUT2D eigenvalue weighted by Gasteiger charge is -2.15. The van der Waals surface area contributed by atoms with Crippen LogP contribution in [0.5, 0.6) is 11.5 Å². The summed E-state index contributed by atoms with van der Waals surface area (Å²) >= 11 is 0. The van der Waals surface area contributed by atoms with E-state index >= 15 is 0 Å². The van der Waals surface area contributed by atoms with E-state index in [2.05, 4.69) is 0 Å². The van der Waals surface area contributed by atoms with Crippen LogP contribution in [0.4, 0.5) is 10.1 Å². The highest BCUT2D eigenvalue weighted by atomic mass is 19.1. The highest BCUT2D eigenvalue weighted by molar-refractivity contribution is 5.66. The quantitative estimate of drug-likeness (QED) is 0.494. The Kier molecular flexibility index (Phi) is 3.31. The number of benzene rings is 2. The van der Waals surface area contributed by atoms with Gasteiger partial charge in [0.05, 0.1) is 0 Å². The molecule has 0 spiro atoms. The molecule has 1 unspecified atom stereocenters. The summed E-state index contributed by atoms with van der Waals surface area (Å²) in [7, 11) is 0. The van der Waals surface area contributed by atoms with E-state index in [9.17, 15) is 19.7 Å². The number of aliphatic hydroxyl groups excluding tert-OH is 1. The zero-order valence-corrected chi connectivity index (χ0v) is 10.3. The Bertz CT molecular complexity index is 611. The third-order valence-electron chi connectivity index (χ3n) is 2.98. The van der Waals surface area contributed by atoms with Gasteiger partial charge in [0.15, 0.2) is 11.6 Å². The molecule has 5 N–H and O–H groups in total. The summed E-state index contributed by atoms with van der Waals surface area (Å²) in [5.74, 6) is -2.33. The third kappa shape index (κ3) is 2.32. The van der Waals surface area contributed by atoms with Gasteiger partial charge in [0.2, 0.25) is 0 Å². The molecule has 2 aromatic rings. The summed E-state index contributed by atoms with van der Waals surface area (Å²) in [4.78, 5) is 0. The second-order valence-corrected chi connectivity index (χ2v) is 4.37. The van der Waals surface area contributed by atoms with E-state index in [4.69, 9.17) is 5.73 Å². The molecule has 19 heavy (non-hydrogen) atoms. The highest BCUT2D eigenvalue weighted by Gasteiger charge is 2.21. The topological polar surface area (TPSA) is 86.7 Å². The maximum absolute atomic E-state index is 13.4. The summed E-state index contributed by atoms with van der Waals surface area (Å²) in [6.45, 7) is 1.89. The van der Waals surface area contributed by atoms with E-state index < -0.39 is 29.1 Å². The van der Waals surface area contributed by atoms with Crippen LogP contribution in [-0.4, -0.2) is 15.3 Å². The monoisotopic (exact) mass is 263 g/mol. The number of hydrogen-bond acceptors (Lipinski definition) is 4. The third-order valence-corrected chi connectivity index (χ3v) is 2.98. The minimum absolute atomic E-state index is 0.0864. The molecule has 2 aromatic carbocycles. The van der Waals surface area contributed by atoms with Crippen molar-refractivity contribution in [3.8, 4) is 11.5 Å². The number of nitrogen functional groups attached to an aromatic ring is 1. The van der Waals surface area contributed by atoms with Crippen LogP contribution in [0.25, 0.3) is 0 Å². The standard InChI is InChI=1S/C14H14FNO3/c1-7-2-4-8(5-3-7)12(17)9-6-10(15)14(19)11(16)13(9)18/h2-6,12,17-19H,16H2,1H3. The number of rotatable bonds is 2. The molecule has 0 saturated carbocycles. The number of nitrogens with two attached hydrogens (primary N) is 1. The maximum atomic E-state index is 13.4. The van der Waals surface area contributed by atoms with Crippen molar-refractivity contribution < 1.29 is 19.7 Å². The normalized spacial score (nSPS) is 12.4. The number of phenols is 2. The lowest BCUT2D eigenvalue weighted by molar-refractivity contribution is 0.215. The molecule has 0 aromatic heterocycles. The molecule has 100 valence electrons. The van der Waals surface area contributed by atoms with Crippen LogP contribution in [0, 0.1) is 12.7 Å². The average Bonchev–Trinajstić information content (AvgIpc) is 2.40. The molecule has 5 heteroatoms. The van der Waals surface area contributed by atoms with Gasteiger partial charge in [-0.1, -0.05) is 29.8 Å². The summed E-state index contributed by atoms with van der Waals surface area (Å²) in [5, 5.41) is 29.2. The Morgan fingerprint density at radius 1 is 1.11 bits per heavy atom. The smallest absolute Gasteiger partial charge is 0.178 e. The molecule has 0 radical (unpaired) electrons. The van der Waals surface area contributed by atoms with Crippen LogP contribution in [0.3, 0.4) is 0 Å². The number of aromatic hydroxyl groups is 2. The number of aliphatic hydroxyl groups is 1. The Labute approximate surface area is 109 Å². The van der Waals surface area contributed by atoms with Crippen molar-refractivity contribution in [1.29, 1.82) is 0 Å². The molecule has 4 nitrogen and oxygen atoms in total. The molecule has 0 aliphatic carbocycles. The van der Waals surface area contributed by atoms with Gasteiger partial charge < -0.3 is 21.1 Å². The SMILES string of the molecule is Cc1ccc(C(O)c2cc(F)c(O)c(N)c2O)cc1. The van der Waals surface area contributed by atoms with Crippen molar-refractivity contribution >= 4 is 5.69 Å². The van der Waals surface area contributed by atoms with Crippen molar-refractivity contribution in [1.82, 2.24) is 0 Å². The van der Waals surface area contributed by atoms with E-state index in [-0.39, 0.29) is 5.56 Å². The van der Waals surface area contributed by atoms with Crippen LogP contribution < -0.4 is 5.73 Å². The van der Waals surface area contributed by atoms with Crippen LogP contribution in [0.2, 0.25) is 0 Å². The second kappa shape index (κ2) is 4.78. The summed E-state index contributed by atoms with van der Waals surface area (Å²) in [6.07, 6.45) is -1.22. The van der Waals surface area contributed by atoms with Crippen LogP contribution in [-0.2, 0) is 0 Å². The van der Waals surface area contributed by atoms with Crippen molar-refractivity contribution in [2.45, 2.75) is 13.0 Å². The number of aryl methyl sites for hydroxylation is 1. The van der Waals surface area contributed by atoms with E-state index in [1.165, 1.54) is 0 Å². The van der Waals surface area contributed by atoms with Gasteiger partial charge in [-0.2, -0.15) is 0 Å². The first-order valence-corrected chi connectivity index (χ1v) is 5.66. The average molecular weight is 263 g/mol. The lowest BCUT2D eigenvalue weighted by Crippen LogP contribution is -2.03. The minimum atomic E-state index is -1.22. The zero-order valence-electron chi connectivity index (χ0n) is 10.3. The summed E-state index contributed by atoms with van der Waals surface area (Å²) < 4.78 is 13.4. The summed E-state index contributed by atoms with van der Waals surface area (Å²) in [5.41, 5.74) is 6.30. The van der Waals surface area contributed by atoms with Gasteiger partial charge in [-0.25, -0.2) is 4.39 Å². The van der Waals surface area contributed by atoms with Gasteiger partial charge in [-0.05, 0) is 18.6 Å². The molecular formula is C14H14FNO3. The Morgan fingerprint density at radius 2 is 1.68 bits per heavy atom. The fourth-order valence-corrected chi connectivity index (χ4v) is 1.81. The Balaban J connectivity index is 2.50. The first-order chi connectivity index (χ1) is 8.91. The van der Waals surface area contributed by atoms with Crippen molar-refractivity contribution in [2.24, 2.45) is 0 Å². The van der Waals surface area contributed by atoms with Crippen LogP contribution >= 0.6 is 0 Å². The lowest BCUT2D eigenvalue weighted by atomic mass is 9.98. The van der Waals surface area contributed by atoms with Gasteiger partial charge in [0.25, 0.3) is 0 Å². The summed E-state index contributed by atoms with van der Waals surface area (Å²) in [6, 6.07) is 7.78. The molecule has 0 heterocycles. The number of halogens is 1. The predicted molar refractivity (Wildman–Crippen MR) is 69.4 cm³/mol. The first-order valence-electron chi connectivity index (χ1n) is 5.66. The number of anilines is 1. The second-order valence-electron chi connectivity index (χ2n) is 4.37. The fourth-order valence-electron chi connectivity index (χ4n) is 1.81. The van der Waals surface area contributed by atoms with Crippen LogP contribution in [0.15, 0.2) is 30.3 Å².